The molecule has 0 unspecified atom stereocenters. The first-order chi connectivity index (χ1) is 15.1. The number of hydrogen-bond acceptors (Lipinski definition) is 4. The minimum Gasteiger partial charge on any atom is -0.486 e. The molecule has 166 valence electrons. The summed E-state index contributed by atoms with van der Waals surface area (Å²) < 4.78 is 68.5. The Hall–Kier alpha value is -3.53. The number of imidazole rings is 1. The molecule has 0 saturated carbocycles. The van der Waals surface area contributed by atoms with Crippen LogP contribution in [-0.4, -0.2) is 24.6 Å². The zero-order chi connectivity index (χ0) is 22.9. The van der Waals surface area contributed by atoms with Gasteiger partial charge in [0.15, 0.2) is 0 Å². The molecule has 0 spiro atoms. The van der Waals surface area contributed by atoms with Crippen molar-refractivity contribution in [2.75, 3.05) is 11.0 Å². The molecule has 6 nitrogen and oxygen atoms in total. The summed E-state index contributed by atoms with van der Waals surface area (Å²) in [5.74, 6) is 0.840. The Morgan fingerprint density at radius 1 is 0.969 bits per heavy atom. The molecule has 2 N–H and O–H groups in total. The number of nitrogens with zero attached hydrogens (tertiary/aromatic N) is 1. The van der Waals surface area contributed by atoms with E-state index in [1.807, 2.05) is 18.2 Å². The zero-order valence-corrected chi connectivity index (χ0v) is 17.6. The summed E-state index contributed by atoms with van der Waals surface area (Å²) in [5, 5.41) is 0. The van der Waals surface area contributed by atoms with Gasteiger partial charge in [0.1, 0.15) is 18.2 Å². The van der Waals surface area contributed by atoms with Gasteiger partial charge in [0.25, 0.3) is 0 Å². The van der Waals surface area contributed by atoms with Crippen LogP contribution in [-0.2, 0) is 22.8 Å². The van der Waals surface area contributed by atoms with Gasteiger partial charge in [0.05, 0.1) is 22.9 Å². The summed E-state index contributed by atoms with van der Waals surface area (Å²) in [4.78, 5) is 7.58. The molecule has 1 heterocycles. The van der Waals surface area contributed by atoms with Crippen LogP contribution >= 0.6 is 0 Å². The Morgan fingerprint density at radius 3 is 2.25 bits per heavy atom. The molecule has 0 aliphatic rings. The fourth-order valence-electron chi connectivity index (χ4n) is 3.15. The quantitative estimate of drug-likeness (QED) is 0.413. The highest BCUT2D eigenvalue weighted by atomic mass is 32.2. The lowest BCUT2D eigenvalue weighted by Crippen LogP contribution is -2.09. The molecule has 0 aliphatic carbocycles. The van der Waals surface area contributed by atoms with E-state index < -0.39 is 21.8 Å². The van der Waals surface area contributed by atoms with Crippen LogP contribution in [0.2, 0.25) is 0 Å². The van der Waals surface area contributed by atoms with Crippen molar-refractivity contribution in [3.63, 3.8) is 0 Å². The average molecular weight is 461 g/mol. The average Bonchev–Trinajstić information content (AvgIpc) is 3.13. The van der Waals surface area contributed by atoms with Gasteiger partial charge in [-0.1, -0.05) is 18.2 Å². The monoisotopic (exact) mass is 461 g/mol. The zero-order valence-electron chi connectivity index (χ0n) is 16.8. The second kappa shape index (κ2) is 8.19. The Morgan fingerprint density at radius 2 is 1.62 bits per heavy atom. The molecule has 0 bridgehead atoms. The summed E-state index contributed by atoms with van der Waals surface area (Å²) in [6.07, 6.45) is -3.30. The summed E-state index contributed by atoms with van der Waals surface area (Å²) in [6.45, 7) is 0.0707. The van der Waals surface area contributed by atoms with Gasteiger partial charge in [-0.05, 0) is 59.7 Å². The highest BCUT2D eigenvalue weighted by Crippen LogP contribution is 2.30. The molecule has 0 saturated heterocycles. The molecule has 0 amide bonds. The first-order valence-corrected chi connectivity index (χ1v) is 11.3. The normalized spacial score (nSPS) is 12.1. The minimum atomic E-state index is -4.39. The highest BCUT2D eigenvalue weighted by molar-refractivity contribution is 7.92. The number of H-pyrrole nitrogens is 1. The molecular formula is C22H18F3N3O3S. The van der Waals surface area contributed by atoms with Crippen molar-refractivity contribution in [1.29, 1.82) is 0 Å². The van der Waals surface area contributed by atoms with Gasteiger partial charge < -0.3 is 9.72 Å². The van der Waals surface area contributed by atoms with Gasteiger partial charge in [0.2, 0.25) is 10.0 Å². The van der Waals surface area contributed by atoms with Crippen LogP contribution in [0.3, 0.4) is 0 Å². The Kier molecular flexibility index (Phi) is 5.55. The molecular weight excluding hydrogens is 443 g/mol. The number of halogens is 3. The fraction of sp³-hybridized carbons (Fsp3) is 0.136. The van der Waals surface area contributed by atoms with Gasteiger partial charge in [0, 0.05) is 5.69 Å². The first-order valence-electron chi connectivity index (χ1n) is 9.44. The third-order valence-electron chi connectivity index (χ3n) is 4.61. The van der Waals surface area contributed by atoms with Gasteiger partial charge >= 0.3 is 6.18 Å². The van der Waals surface area contributed by atoms with Crippen LogP contribution in [0.15, 0.2) is 66.7 Å². The maximum absolute atomic E-state index is 12.6. The number of aromatic amines is 1. The summed E-state index contributed by atoms with van der Waals surface area (Å²) in [6, 6.07) is 17.1. The van der Waals surface area contributed by atoms with E-state index >= 15 is 0 Å². The van der Waals surface area contributed by atoms with Crippen LogP contribution < -0.4 is 9.46 Å². The molecule has 0 aliphatic heterocycles. The number of nitrogens with one attached hydrogen (secondary N) is 2. The van der Waals surface area contributed by atoms with Crippen LogP contribution in [0, 0.1) is 0 Å². The van der Waals surface area contributed by atoms with Crippen LogP contribution in [0.25, 0.3) is 22.2 Å². The van der Waals surface area contributed by atoms with Gasteiger partial charge in [-0.2, -0.15) is 13.2 Å². The van der Waals surface area contributed by atoms with E-state index in [0.29, 0.717) is 17.3 Å². The second-order valence-electron chi connectivity index (χ2n) is 7.18. The van der Waals surface area contributed by atoms with E-state index in [2.05, 4.69) is 14.7 Å². The standard InChI is InChI=1S/C22H18F3N3O3S/c1-32(29,30)28-17-7-2-14(3-8-17)15-4-11-19-20(12-15)27-21(26-19)13-31-18-9-5-16(6-10-18)22(23,24)25/h2-12,28H,13H2,1H3,(H,26,27). The molecule has 0 atom stereocenters. The Bertz CT molecular complexity index is 1350. The van der Waals surface area contributed by atoms with Gasteiger partial charge in [-0.25, -0.2) is 13.4 Å². The van der Waals surface area contributed by atoms with Gasteiger partial charge in [-0.15, -0.1) is 0 Å². The topological polar surface area (TPSA) is 84.1 Å². The van der Waals surface area contributed by atoms with Crippen LogP contribution in [0.5, 0.6) is 5.75 Å². The van der Waals surface area contributed by atoms with E-state index in [4.69, 9.17) is 4.74 Å². The highest BCUT2D eigenvalue weighted by Gasteiger charge is 2.30. The lowest BCUT2D eigenvalue weighted by atomic mass is 10.0. The van der Waals surface area contributed by atoms with E-state index in [-0.39, 0.29) is 6.61 Å². The lowest BCUT2D eigenvalue weighted by molar-refractivity contribution is -0.137. The SMILES string of the molecule is CS(=O)(=O)Nc1ccc(-c2ccc3nc(COc4ccc(C(F)(F)F)cc4)[nH]c3c2)cc1. The summed E-state index contributed by atoms with van der Waals surface area (Å²) >= 11 is 0. The van der Waals surface area contributed by atoms with Crippen LogP contribution in [0.4, 0.5) is 18.9 Å². The number of ether oxygens (including phenoxy) is 1. The van der Waals surface area contributed by atoms with Crippen molar-refractivity contribution in [3.05, 3.63) is 78.1 Å². The second-order valence-corrected chi connectivity index (χ2v) is 8.93. The maximum Gasteiger partial charge on any atom is 0.416 e. The minimum absolute atomic E-state index is 0.0707. The predicted octanol–water partition coefficient (Wildman–Crippen LogP) is 5.20. The molecule has 0 radical (unpaired) electrons. The summed E-state index contributed by atoms with van der Waals surface area (Å²) in [5.41, 5.74) is 3.02. The lowest BCUT2D eigenvalue weighted by Gasteiger charge is -2.08. The van der Waals surface area contributed by atoms with Crippen molar-refractivity contribution >= 4 is 26.7 Å². The van der Waals surface area contributed by atoms with E-state index in [1.54, 1.807) is 24.3 Å². The number of rotatable bonds is 6. The van der Waals surface area contributed by atoms with Crippen molar-refractivity contribution < 1.29 is 26.3 Å². The number of fused-ring (bicyclic) bond motifs is 1. The van der Waals surface area contributed by atoms with E-state index in [0.717, 1.165) is 40.5 Å². The number of aromatic nitrogens is 2. The molecule has 10 heteroatoms. The molecule has 0 fully saturated rings. The van der Waals surface area contributed by atoms with Gasteiger partial charge in [-0.3, -0.25) is 4.72 Å². The number of hydrogen-bond donors (Lipinski definition) is 2. The molecule has 1 aromatic heterocycles. The van der Waals surface area contributed by atoms with E-state index in [1.165, 1.54) is 12.1 Å². The third-order valence-corrected chi connectivity index (χ3v) is 5.22. The predicted molar refractivity (Wildman–Crippen MR) is 116 cm³/mol. The third kappa shape index (κ3) is 5.20. The molecule has 4 aromatic rings. The molecule has 3 aromatic carbocycles. The molecule has 4 rings (SSSR count). The van der Waals surface area contributed by atoms with Crippen molar-refractivity contribution in [3.8, 4) is 16.9 Å². The van der Waals surface area contributed by atoms with E-state index in [9.17, 15) is 21.6 Å². The largest absolute Gasteiger partial charge is 0.486 e. The first kappa shape index (κ1) is 21.7. The van der Waals surface area contributed by atoms with Crippen molar-refractivity contribution in [2.24, 2.45) is 0 Å². The van der Waals surface area contributed by atoms with Crippen molar-refractivity contribution in [2.45, 2.75) is 12.8 Å². The Balaban J connectivity index is 1.47. The number of sulfonamides is 1. The van der Waals surface area contributed by atoms with Crippen molar-refractivity contribution in [1.82, 2.24) is 9.97 Å². The number of alkyl halides is 3. The molecule has 32 heavy (non-hydrogen) atoms. The van der Waals surface area contributed by atoms with Crippen LogP contribution in [0.1, 0.15) is 11.4 Å². The maximum atomic E-state index is 12.6. The smallest absolute Gasteiger partial charge is 0.416 e. The summed E-state index contributed by atoms with van der Waals surface area (Å²) in [7, 11) is -3.34. The number of benzene rings is 3. The number of anilines is 1. The fourth-order valence-corrected chi connectivity index (χ4v) is 3.71. The Labute approximate surface area is 182 Å².